The van der Waals surface area contributed by atoms with E-state index in [1.807, 2.05) is 18.2 Å². The molecule has 2 aromatic carbocycles. The number of hydrogen-bond donors (Lipinski definition) is 1. The molecule has 1 aromatic heterocycles. The topological polar surface area (TPSA) is 65.5 Å². The van der Waals surface area contributed by atoms with Crippen LogP contribution in [-0.4, -0.2) is 52.9 Å². The second kappa shape index (κ2) is 8.69. The zero-order valence-corrected chi connectivity index (χ0v) is 20.0. The summed E-state index contributed by atoms with van der Waals surface area (Å²) in [6.07, 6.45) is 7.91. The summed E-state index contributed by atoms with van der Waals surface area (Å²) in [5, 5.41) is 0. The maximum atomic E-state index is 14.1. The molecular formula is C29H29FN4O2. The average Bonchev–Trinajstić information content (AvgIpc) is 3.41. The van der Waals surface area contributed by atoms with Gasteiger partial charge in [0.2, 0.25) is 5.95 Å². The number of hydrogen-bond acceptors (Lipinski definition) is 5. The lowest BCUT2D eigenvalue weighted by atomic mass is 9.83. The van der Waals surface area contributed by atoms with Crippen LogP contribution in [0.1, 0.15) is 29.2 Å². The van der Waals surface area contributed by atoms with Crippen LogP contribution in [0.25, 0.3) is 22.7 Å². The monoisotopic (exact) mass is 484 g/mol. The van der Waals surface area contributed by atoms with Gasteiger partial charge in [-0.2, -0.15) is 0 Å². The summed E-state index contributed by atoms with van der Waals surface area (Å²) < 4.78 is 28.0. The van der Waals surface area contributed by atoms with Gasteiger partial charge in [-0.1, -0.05) is 42.5 Å². The quantitative estimate of drug-likeness (QED) is 0.569. The van der Waals surface area contributed by atoms with Crippen molar-refractivity contribution in [1.82, 2.24) is 14.5 Å². The van der Waals surface area contributed by atoms with Gasteiger partial charge in [0.05, 0.1) is 43.0 Å². The third kappa shape index (κ3) is 3.70. The van der Waals surface area contributed by atoms with Gasteiger partial charge >= 0.3 is 0 Å². The van der Waals surface area contributed by atoms with Gasteiger partial charge in [0.15, 0.2) is 0 Å². The Labute approximate surface area is 209 Å². The number of aromatic nitrogens is 2. The summed E-state index contributed by atoms with van der Waals surface area (Å²) in [7, 11) is 0. The highest BCUT2D eigenvalue weighted by molar-refractivity contribution is 5.89. The molecule has 0 saturated carbocycles. The summed E-state index contributed by atoms with van der Waals surface area (Å²) >= 11 is 0. The predicted molar refractivity (Wildman–Crippen MR) is 139 cm³/mol. The van der Waals surface area contributed by atoms with Gasteiger partial charge in [0.25, 0.3) is 0 Å². The molecule has 2 N–H and O–H groups in total. The fraction of sp³-hybridized carbons (Fsp3) is 0.345. The standard InChI is InChI=1S/C29H29FN4O2/c30-20-6-7-24-25(23-4-2-1-3-19(23)16-36-28(24)13-20)11-18-5-8-27-26(12-18)32-29(31)34(27)21-14-22-17-35-10-9-33(22)15-21/h1-8,11-13,21-22,24,28H,9-10,14-17H2,(H2,31,32)/b25-11+/t21-,22+,24?,28?/m1/s1. The molecule has 4 aliphatic rings. The summed E-state index contributed by atoms with van der Waals surface area (Å²) in [4.78, 5) is 7.26. The van der Waals surface area contributed by atoms with Crippen molar-refractivity contribution in [2.75, 3.05) is 32.0 Å². The van der Waals surface area contributed by atoms with Crippen LogP contribution in [0, 0.1) is 5.92 Å². The maximum absolute atomic E-state index is 14.1. The van der Waals surface area contributed by atoms with Crippen LogP contribution in [0.2, 0.25) is 0 Å². The first-order valence-corrected chi connectivity index (χ1v) is 12.7. The smallest absolute Gasteiger partial charge is 0.201 e. The fourth-order valence-electron chi connectivity index (χ4n) is 6.30. The number of morpholine rings is 1. The molecule has 36 heavy (non-hydrogen) atoms. The summed E-state index contributed by atoms with van der Waals surface area (Å²) in [6, 6.07) is 15.4. The van der Waals surface area contributed by atoms with E-state index in [0.717, 1.165) is 66.0 Å². The number of nitrogens with two attached hydrogens (primary N) is 1. The van der Waals surface area contributed by atoms with Crippen molar-refractivity contribution in [2.45, 2.75) is 31.2 Å². The van der Waals surface area contributed by atoms with Crippen molar-refractivity contribution in [2.24, 2.45) is 5.92 Å². The van der Waals surface area contributed by atoms with Crippen LogP contribution in [0.15, 0.2) is 66.5 Å². The molecule has 0 bridgehead atoms. The van der Waals surface area contributed by atoms with Crippen molar-refractivity contribution >= 4 is 28.6 Å². The maximum Gasteiger partial charge on any atom is 0.201 e. The van der Waals surface area contributed by atoms with Crippen LogP contribution in [0.3, 0.4) is 0 Å². The highest BCUT2D eigenvalue weighted by Crippen LogP contribution is 2.40. The number of allylic oxidation sites excluding steroid dienone is 2. The van der Waals surface area contributed by atoms with Crippen molar-refractivity contribution in [3.05, 3.63) is 83.2 Å². The molecule has 6 nitrogen and oxygen atoms in total. The van der Waals surface area contributed by atoms with Crippen molar-refractivity contribution < 1.29 is 13.9 Å². The van der Waals surface area contributed by atoms with Gasteiger partial charge in [-0.05, 0) is 53.0 Å². The van der Waals surface area contributed by atoms with Crippen LogP contribution in [-0.2, 0) is 16.1 Å². The van der Waals surface area contributed by atoms with Gasteiger partial charge in [0.1, 0.15) is 5.83 Å². The Morgan fingerprint density at radius 3 is 2.97 bits per heavy atom. The predicted octanol–water partition coefficient (Wildman–Crippen LogP) is 4.74. The van der Waals surface area contributed by atoms with Crippen LogP contribution in [0.4, 0.5) is 10.3 Å². The first kappa shape index (κ1) is 22.0. The number of nitrogens with zero attached hydrogens (tertiary/aromatic N) is 3. The first-order valence-electron chi connectivity index (χ1n) is 12.7. The lowest BCUT2D eigenvalue weighted by Gasteiger charge is -2.28. The highest BCUT2D eigenvalue weighted by atomic mass is 19.1. The molecule has 1 aliphatic carbocycles. The minimum atomic E-state index is -0.336. The number of anilines is 1. The number of benzene rings is 2. The van der Waals surface area contributed by atoms with Gasteiger partial charge in [-0.25, -0.2) is 9.37 Å². The minimum Gasteiger partial charge on any atom is -0.378 e. The molecule has 0 amide bonds. The number of imidazole rings is 1. The van der Waals surface area contributed by atoms with E-state index in [1.54, 1.807) is 6.08 Å². The lowest BCUT2D eigenvalue weighted by molar-refractivity contribution is 0.0128. The van der Waals surface area contributed by atoms with Crippen molar-refractivity contribution in [1.29, 1.82) is 0 Å². The van der Waals surface area contributed by atoms with Crippen LogP contribution in [0.5, 0.6) is 0 Å². The van der Waals surface area contributed by atoms with Gasteiger partial charge in [0, 0.05) is 25.0 Å². The Kier molecular flexibility index (Phi) is 5.31. The molecule has 3 aliphatic heterocycles. The molecule has 3 aromatic rings. The summed E-state index contributed by atoms with van der Waals surface area (Å²) in [5.41, 5.74) is 12.8. The van der Waals surface area contributed by atoms with E-state index >= 15 is 0 Å². The second-order valence-electron chi connectivity index (χ2n) is 10.2. The molecule has 184 valence electrons. The molecule has 7 rings (SSSR count). The van der Waals surface area contributed by atoms with E-state index < -0.39 is 0 Å². The largest absolute Gasteiger partial charge is 0.378 e. The lowest BCUT2D eigenvalue weighted by Crippen LogP contribution is -2.40. The van der Waals surface area contributed by atoms with Crippen molar-refractivity contribution in [3.63, 3.8) is 0 Å². The Hall–Kier alpha value is -3.26. The third-order valence-electron chi connectivity index (χ3n) is 8.03. The molecular weight excluding hydrogens is 455 g/mol. The van der Waals surface area contributed by atoms with Crippen LogP contribution < -0.4 is 5.73 Å². The fourth-order valence-corrected chi connectivity index (χ4v) is 6.30. The van der Waals surface area contributed by atoms with E-state index in [2.05, 4.69) is 45.9 Å². The van der Waals surface area contributed by atoms with Gasteiger partial charge in [-0.15, -0.1) is 0 Å². The normalized spacial score (nSPS) is 29.0. The molecule has 4 atom stereocenters. The Balaban J connectivity index is 1.28. The van der Waals surface area contributed by atoms with E-state index in [4.69, 9.17) is 20.2 Å². The third-order valence-corrected chi connectivity index (χ3v) is 8.03. The SMILES string of the molecule is Nc1nc2cc(/C=C3\c4ccccc4COC4C=C(F)C=CC34)ccc2n1[C@@H]1C[C@H]2COCCN2C1. The Bertz CT molecular complexity index is 1410. The van der Waals surface area contributed by atoms with Gasteiger partial charge in [-0.3, -0.25) is 4.90 Å². The molecule has 4 heterocycles. The molecule has 2 saturated heterocycles. The van der Waals surface area contributed by atoms with E-state index in [9.17, 15) is 4.39 Å². The number of fused-ring (bicyclic) bond motifs is 4. The van der Waals surface area contributed by atoms with Gasteiger partial charge < -0.3 is 19.8 Å². The van der Waals surface area contributed by atoms with E-state index in [1.165, 1.54) is 6.08 Å². The van der Waals surface area contributed by atoms with E-state index in [-0.39, 0.29) is 17.8 Å². The first-order chi connectivity index (χ1) is 17.6. The number of halogens is 1. The molecule has 2 fully saturated rings. The Morgan fingerprint density at radius 2 is 2.06 bits per heavy atom. The number of ether oxygens (including phenoxy) is 2. The summed E-state index contributed by atoms with van der Waals surface area (Å²) in [6.45, 7) is 4.01. The van der Waals surface area contributed by atoms with Crippen molar-refractivity contribution in [3.8, 4) is 0 Å². The average molecular weight is 485 g/mol. The van der Waals surface area contributed by atoms with Crippen LogP contribution >= 0.6 is 0 Å². The summed E-state index contributed by atoms with van der Waals surface area (Å²) in [5.74, 6) is 0.243. The minimum absolute atomic E-state index is 0.0652. The van der Waals surface area contributed by atoms with E-state index in [0.29, 0.717) is 24.6 Å². The molecule has 2 unspecified atom stereocenters. The number of rotatable bonds is 2. The Morgan fingerprint density at radius 1 is 1.14 bits per heavy atom. The zero-order valence-electron chi connectivity index (χ0n) is 20.0. The highest BCUT2D eigenvalue weighted by Gasteiger charge is 2.36. The molecule has 0 radical (unpaired) electrons. The number of nitrogen functional groups attached to an aromatic ring is 1. The second-order valence-corrected chi connectivity index (χ2v) is 10.2. The molecule has 0 spiro atoms. The zero-order chi connectivity index (χ0) is 24.2. The molecule has 7 heteroatoms.